The molecular weight excluding hydrogens is 978 g/mol. The Hall–Kier alpha value is -7.62. The number of hydrogen-bond acceptors (Lipinski definition) is 15. The fourth-order valence-electron chi connectivity index (χ4n) is 9.99. The van der Waals surface area contributed by atoms with Gasteiger partial charge in [-0.3, -0.25) is 49.1 Å². The second kappa shape index (κ2) is 24.4. The zero-order valence-corrected chi connectivity index (χ0v) is 42.9. The quantitative estimate of drug-likeness (QED) is 0.0512. The van der Waals surface area contributed by atoms with Gasteiger partial charge in [0.15, 0.2) is 11.6 Å². The van der Waals surface area contributed by atoms with E-state index in [1.165, 1.54) is 6.07 Å². The van der Waals surface area contributed by atoms with Gasteiger partial charge in [-0.25, -0.2) is 9.37 Å². The molecule has 4 aliphatic rings. The Labute approximate surface area is 440 Å². The molecule has 1 unspecified atom stereocenters. The molecular formula is C55H64FN11O9. The van der Waals surface area contributed by atoms with E-state index in [4.69, 9.17) is 19.2 Å². The van der Waals surface area contributed by atoms with Crippen molar-refractivity contribution < 1.29 is 47.4 Å². The molecule has 0 radical (unpaired) electrons. The number of pyridine rings is 1. The number of fused-ring (bicyclic) bond motifs is 1. The number of aromatic amines is 1. The summed E-state index contributed by atoms with van der Waals surface area (Å²) in [5.74, 6) is -1.66. The van der Waals surface area contributed by atoms with Crippen LogP contribution in [0.3, 0.4) is 0 Å². The van der Waals surface area contributed by atoms with E-state index in [1.807, 2.05) is 67.6 Å². The van der Waals surface area contributed by atoms with Gasteiger partial charge in [-0.05, 0) is 119 Å². The smallest absolute Gasteiger partial charge is 0.262 e. The van der Waals surface area contributed by atoms with E-state index < -0.39 is 41.0 Å². The molecule has 4 aliphatic heterocycles. The number of unbranched alkanes of at least 4 members (excludes halogenated alkanes) is 2. The number of carbonyl (C=O) groups excluding carboxylic acids is 6. The number of likely N-dealkylation sites (tertiary alicyclic amines) is 1. The average Bonchev–Trinajstić information content (AvgIpc) is 4.04. The molecule has 0 spiro atoms. The van der Waals surface area contributed by atoms with Crippen molar-refractivity contribution in [2.75, 3.05) is 89.6 Å². The Balaban J connectivity index is 0.630. The molecule has 0 bridgehead atoms. The van der Waals surface area contributed by atoms with Crippen LogP contribution >= 0.6 is 0 Å². The first-order chi connectivity index (χ1) is 36.9. The van der Waals surface area contributed by atoms with Crippen molar-refractivity contribution >= 4 is 46.8 Å². The number of hydrogen-bond donors (Lipinski definition) is 4. The largest absolute Gasteiger partial charge is 0.494 e. The summed E-state index contributed by atoms with van der Waals surface area (Å²) < 4.78 is 32.9. The lowest BCUT2D eigenvalue weighted by atomic mass is 9.86. The van der Waals surface area contributed by atoms with Crippen molar-refractivity contribution in [1.82, 2.24) is 45.5 Å². The number of benzene rings is 3. The summed E-state index contributed by atoms with van der Waals surface area (Å²) in [6.07, 6.45) is 8.30. The second-order valence-electron chi connectivity index (χ2n) is 19.7. The molecule has 0 aliphatic carbocycles. The van der Waals surface area contributed by atoms with Gasteiger partial charge in [0.05, 0.1) is 35.0 Å². The summed E-state index contributed by atoms with van der Waals surface area (Å²) in [6, 6.07) is 20.0. The molecule has 3 saturated heterocycles. The van der Waals surface area contributed by atoms with Gasteiger partial charge in [0, 0.05) is 94.7 Å². The third kappa shape index (κ3) is 12.5. The molecule has 20 nitrogen and oxygen atoms in total. The predicted molar refractivity (Wildman–Crippen MR) is 278 cm³/mol. The molecule has 5 aromatic rings. The van der Waals surface area contributed by atoms with Crippen LogP contribution in [0, 0.1) is 5.82 Å². The van der Waals surface area contributed by atoms with Crippen molar-refractivity contribution in [3.63, 3.8) is 0 Å². The topological polar surface area (TPSA) is 234 Å². The standard InChI is InChI=1S/C55H64FN11O9/c1-36(58-50(70)39-10-6-11-40(31-39)61-55(17-21-64(2)22-18-55)54-60-49(62-63-54)37-15-19-57-20-16-37)38-9-7-12-41(32-38)76-30-5-3-4-27-74-28-8-29-75-35-48(69)66-25-23-65(24-26-66)46-34-43-42(33-44(46)56)52(72)67(53(43)73)45-13-14-47(68)59-51(45)71/h6-7,9-12,15-16,19-20,31-34,36,45,61H,3-5,8,13-14,17-18,21-30,35H2,1-2H3,(H,58,70)(H,59,68,71)(H,60,62,63)/t36-,45?/m1/s1. The van der Waals surface area contributed by atoms with Gasteiger partial charge in [-0.2, -0.15) is 5.10 Å². The lowest BCUT2D eigenvalue weighted by molar-refractivity contribution is -0.137. The summed E-state index contributed by atoms with van der Waals surface area (Å²) in [5, 5.41) is 16.8. The van der Waals surface area contributed by atoms with Crippen molar-refractivity contribution in [3.8, 4) is 17.1 Å². The highest BCUT2D eigenvalue weighted by molar-refractivity contribution is 6.23. The van der Waals surface area contributed by atoms with Gasteiger partial charge >= 0.3 is 0 Å². The van der Waals surface area contributed by atoms with E-state index in [0.717, 1.165) is 84.5 Å². The van der Waals surface area contributed by atoms with Crippen molar-refractivity contribution in [3.05, 3.63) is 119 Å². The minimum atomic E-state index is -1.14. The number of piperazine rings is 1. The summed E-state index contributed by atoms with van der Waals surface area (Å²) in [5.41, 5.74) is 2.67. The number of imide groups is 2. The van der Waals surface area contributed by atoms with E-state index in [-0.39, 0.29) is 54.1 Å². The number of halogens is 1. The Kier molecular flexibility index (Phi) is 17.1. The van der Waals surface area contributed by atoms with E-state index in [9.17, 15) is 28.8 Å². The zero-order valence-electron chi connectivity index (χ0n) is 42.9. The van der Waals surface area contributed by atoms with Crippen LogP contribution in [0.4, 0.5) is 15.8 Å². The number of aromatic nitrogens is 4. The number of rotatable bonds is 22. The molecule has 400 valence electrons. The van der Waals surface area contributed by atoms with Crippen LogP contribution in [0.25, 0.3) is 11.4 Å². The van der Waals surface area contributed by atoms with Gasteiger partial charge in [0.2, 0.25) is 17.7 Å². The SMILES string of the molecule is C[C@@H](NC(=O)c1cccc(NC2(c3nc(-c4ccncc4)n[nH]3)CCN(C)CC2)c1)c1cccc(OCCCCCOCCCOCC(=O)N2CCN(c3cc4c(cc3F)C(=O)N(C3CCC(=O)NC3=O)C4=O)CC2)c1. The normalized spacial score (nSPS) is 18.1. The van der Waals surface area contributed by atoms with Crippen LogP contribution in [0.5, 0.6) is 5.75 Å². The number of anilines is 2. The van der Waals surface area contributed by atoms with Crippen LogP contribution < -0.4 is 25.6 Å². The molecule has 76 heavy (non-hydrogen) atoms. The maximum Gasteiger partial charge on any atom is 0.262 e. The lowest BCUT2D eigenvalue weighted by Gasteiger charge is -2.40. The van der Waals surface area contributed by atoms with Gasteiger partial charge in [0.25, 0.3) is 17.7 Å². The second-order valence-corrected chi connectivity index (χ2v) is 19.7. The van der Waals surface area contributed by atoms with Crippen LogP contribution in [0.2, 0.25) is 0 Å². The number of H-pyrrole nitrogens is 1. The molecule has 6 amide bonds. The fourth-order valence-corrected chi connectivity index (χ4v) is 9.99. The molecule has 21 heteroatoms. The molecule has 3 aromatic carbocycles. The molecule has 4 N–H and O–H groups in total. The van der Waals surface area contributed by atoms with Gasteiger partial charge in [0.1, 0.15) is 24.2 Å². The summed E-state index contributed by atoms with van der Waals surface area (Å²) in [7, 11) is 2.11. The van der Waals surface area contributed by atoms with Crippen molar-refractivity contribution in [2.24, 2.45) is 0 Å². The minimum Gasteiger partial charge on any atom is -0.494 e. The van der Waals surface area contributed by atoms with Crippen molar-refractivity contribution in [2.45, 2.75) is 75.9 Å². The van der Waals surface area contributed by atoms with Gasteiger partial charge < -0.3 is 39.5 Å². The van der Waals surface area contributed by atoms with E-state index in [1.54, 1.807) is 22.2 Å². The molecule has 6 heterocycles. The first-order valence-electron chi connectivity index (χ1n) is 26.0. The fraction of sp³-hybridized carbons (Fsp3) is 0.436. The Morgan fingerprint density at radius 3 is 2.33 bits per heavy atom. The van der Waals surface area contributed by atoms with Crippen LogP contribution in [0.1, 0.15) is 107 Å². The molecule has 9 rings (SSSR count). The van der Waals surface area contributed by atoms with Gasteiger partial charge in [-0.15, -0.1) is 0 Å². The Bertz CT molecular complexity index is 2900. The number of nitrogens with one attached hydrogen (secondary N) is 4. The Morgan fingerprint density at radius 2 is 1.55 bits per heavy atom. The van der Waals surface area contributed by atoms with Crippen LogP contribution in [-0.4, -0.2) is 156 Å². The first kappa shape index (κ1) is 53.2. The predicted octanol–water partition coefficient (Wildman–Crippen LogP) is 5.25. The van der Waals surface area contributed by atoms with Gasteiger partial charge in [-0.1, -0.05) is 18.2 Å². The highest BCUT2D eigenvalue weighted by Crippen LogP contribution is 2.36. The number of nitrogens with zero attached hydrogens (tertiary/aromatic N) is 7. The Morgan fingerprint density at radius 1 is 0.829 bits per heavy atom. The maximum atomic E-state index is 15.4. The summed E-state index contributed by atoms with van der Waals surface area (Å²) >= 11 is 0. The highest BCUT2D eigenvalue weighted by Gasteiger charge is 2.46. The summed E-state index contributed by atoms with van der Waals surface area (Å²) in [4.78, 5) is 92.4. The zero-order chi connectivity index (χ0) is 53.2. The highest BCUT2D eigenvalue weighted by atomic mass is 19.1. The number of piperidine rings is 2. The molecule has 3 fully saturated rings. The average molecular weight is 1040 g/mol. The molecule has 2 aromatic heterocycles. The summed E-state index contributed by atoms with van der Waals surface area (Å²) in [6.45, 7) is 6.81. The third-order valence-corrected chi connectivity index (χ3v) is 14.4. The first-order valence-corrected chi connectivity index (χ1v) is 26.0. The van der Waals surface area contributed by atoms with E-state index >= 15 is 4.39 Å². The molecule has 0 saturated carbocycles. The minimum absolute atomic E-state index is 0.00367. The number of ether oxygens (including phenoxy) is 3. The van der Waals surface area contributed by atoms with Crippen LogP contribution in [-0.2, 0) is 29.4 Å². The monoisotopic (exact) mass is 1040 g/mol. The lowest BCUT2D eigenvalue weighted by Crippen LogP contribution is -2.54. The van der Waals surface area contributed by atoms with Crippen molar-refractivity contribution in [1.29, 1.82) is 0 Å². The number of carbonyl (C=O) groups is 6. The maximum absolute atomic E-state index is 15.4. The third-order valence-electron chi connectivity index (χ3n) is 14.4. The number of amides is 6. The molecule has 2 atom stereocenters. The van der Waals surface area contributed by atoms with Crippen LogP contribution in [0.15, 0.2) is 85.2 Å². The van der Waals surface area contributed by atoms with E-state index in [2.05, 4.69) is 43.1 Å². The van der Waals surface area contributed by atoms with E-state index in [0.29, 0.717) is 70.4 Å².